The lowest BCUT2D eigenvalue weighted by atomic mass is 10.1. The number of hydrogen-bond donors (Lipinski definition) is 0. The summed E-state index contributed by atoms with van der Waals surface area (Å²) in [5.74, 6) is 6.24. The molecule has 1 aliphatic carbocycles. The first-order valence-electron chi connectivity index (χ1n) is 5.83. The van der Waals surface area contributed by atoms with E-state index in [0.29, 0.717) is 5.02 Å². The van der Waals surface area contributed by atoms with E-state index in [-0.39, 0.29) is 0 Å². The maximum atomic E-state index is 5.79. The third kappa shape index (κ3) is 2.89. The van der Waals surface area contributed by atoms with Crippen molar-refractivity contribution in [3.05, 3.63) is 68.4 Å². The second kappa shape index (κ2) is 5.21. The van der Waals surface area contributed by atoms with E-state index in [1.807, 2.05) is 12.1 Å². The molecule has 0 amide bonds. The molecule has 1 nitrogen and oxygen atoms in total. The summed E-state index contributed by atoms with van der Waals surface area (Å²) in [4.78, 5) is 4.16. The van der Waals surface area contributed by atoms with Gasteiger partial charge in [-0.3, -0.25) is 0 Å². The van der Waals surface area contributed by atoms with Crippen molar-refractivity contribution in [1.82, 2.24) is 4.98 Å². The minimum absolute atomic E-state index is 0.628. The van der Waals surface area contributed by atoms with Crippen LogP contribution >= 0.6 is 27.5 Å². The molecule has 0 N–H and O–H groups in total. The van der Waals surface area contributed by atoms with E-state index in [9.17, 15) is 0 Å². The molecule has 0 unspecified atom stereocenters. The van der Waals surface area contributed by atoms with Crippen LogP contribution in [-0.2, 0) is 6.42 Å². The van der Waals surface area contributed by atoms with Crippen LogP contribution in [0.2, 0.25) is 5.02 Å². The fourth-order valence-electron chi connectivity index (χ4n) is 1.99. The maximum absolute atomic E-state index is 5.79. The Labute approximate surface area is 125 Å². The normalized spacial score (nSPS) is 12.4. The summed E-state index contributed by atoms with van der Waals surface area (Å²) in [7, 11) is 0. The van der Waals surface area contributed by atoms with Gasteiger partial charge in [0.2, 0.25) is 0 Å². The van der Waals surface area contributed by atoms with Gasteiger partial charge in [-0.1, -0.05) is 39.5 Å². The van der Waals surface area contributed by atoms with Crippen LogP contribution in [0, 0.1) is 11.8 Å². The van der Waals surface area contributed by atoms with E-state index in [4.69, 9.17) is 11.6 Å². The lowest BCUT2D eigenvalue weighted by Gasteiger charge is -1.97. The molecule has 92 valence electrons. The average molecular weight is 331 g/mol. The minimum atomic E-state index is 0.628. The highest BCUT2D eigenvalue weighted by Crippen LogP contribution is 2.27. The zero-order valence-electron chi connectivity index (χ0n) is 9.95. The van der Waals surface area contributed by atoms with Crippen LogP contribution in [0.15, 0.2) is 46.6 Å². The van der Waals surface area contributed by atoms with Gasteiger partial charge in [0.05, 0.1) is 5.02 Å². The number of aromatic nitrogens is 1. The van der Waals surface area contributed by atoms with Gasteiger partial charge in [0, 0.05) is 22.7 Å². The summed E-state index contributed by atoms with van der Waals surface area (Å²) in [6, 6.07) is 9.92. The zero-order valence-corrected chi connectivity index (χ0v) is 12.3. The number of benzene rings is 1. The van der Waals surface area contributed by atoms with E-state index in [0.717, 1.165) is 22.2 Å². The Morgan fingerprint density at radius 1 is 1.16 bits per heavy atom. The maximum Gasteiger partial charge on any atom is 0.113 e. The molecule has 2 aromatic rings. The van der Waals surface area contributed by atoms with E-state index in [1.54, 1.807) is 12.3 Å². The van der Waals surface area contributed by atoms with Crippen LogP contribution < -0.4 is 0 Å². The van der Waals surface area contributed by atoms with Crippen LogP contribution in [0.1, 0.15) is 16.8 Å². The number of nitrogens with zero attached hydrogens (tertiary/aromatic N) is 1. The van der Waals surface area contributed by atoms with Crippen molar-refractivity contribution in [2.24, 2.45) is 0 Å². The Morgan fingerprint density at radius 2 is 2.05 bits per heavy atom. The molecule has 0 spiro atoms. The molecule has 3 rings (SSSR count). The van der Waals surface area contributed by atoms with Crippen molar-refractivity contribution in [2.45, 2.75) is 6.42 Å². The molecule has 0 fully saturated rings. The number of hydrogen-bond acceptors (Lipinski definition) is 1. The van der Waals surface area contributed by atoms with Gasteiger partial charge in [0.15, 0.2) is 0 Å². The third-order valence-electron chi connectivity index (χ3n) is 2.89. The summed E-state index contributed by atoms with van der Waals surface area (Å²) < 4.78 is 1.10. The second-order valence-corrected chi connectivity index (χ2v) is 5.65. The smallest absolute Gasteiger partial charge is 0.113 e. The van der Waals surface area contributed by atoms with Gasteiger partial charge >= 0.3 is 0 Å². The standard InChI is InChI=1S/C16H9BrClN/c17-14-3-2-12-7-11(8-13(12)9-14)1-5-16-6-4-15(18)10-19-16/h2-4,6-7,9-10H,8H2. The van der Waals surface area contributed by atoms with Crippen molar-refractivity contribution in [1.29, 1.82) is 0 Å². The molecule has 0 aliphatic heterocycles. The topological polar surface area (TPSA) is 12.9 Å². The molecule has 0 saturated heterocycles. The quantitative estimate of drug-likeness (QED) is 0.649. The summed E-state index contributed by atoms with van der Waals surface area (Å²) >= 11 is 9.27. The fourth-order valence-corrected chi connectivity index (χ4v) is 2.51. The van der Waals surface area contributed by atoms with Crippen molar-refractivity contribution >= 4 is 33.6 Å². The number of halogens is 2. The van der Waals surface area contributed by atoms with E-state index >= 15 is 0 Å². The Hall–Kier alpha value is -1.56. The number of rotatable bonds is 0. The Bertz CT molecular complexity index is 721. The Kier molecular flexibility index (Phi) is 3.42. The molecule has 1 heterocycles. The third-order valence-corrected chi connectivity index (χ3v) is 3.61. The van der Waals surface area contributed by atoms with Gasteiger partial charge in [0.1, 0.15) is 5.69 Å². The number of pyridine rings is 1. The van der Waals surface area contributed by atoms with Crippen molar-refractivity contribution in [2.75, 3.05) is 0 Å². The van der Waals surface area contributed by atoms with Gasteiger partial charge in [-0.25, -0.2) is 4.98 Å². The lowest BCUT2D eigenvalue weighted by Crippen LogP contribution is -1.84. The molecule has 1 aromatic carbocycles. The van der Waals surface area contributed by atoms with E-state index in [1.165, 1.54) is 11.1 Å². The van der Waals surface area contributed by atoms with Crippen molar-refractivity contribution in [3.8, 4) is 11.8 Å². The van der Waals surface area contributed by atoms with Gasteiger partial charge in [-0.2, -0.15) is 0 Å². The summed E-state index contributed by atoms with van der Waals surface area (Å²) in [6.07, 6.45) is 4.63. The Balaban J connectivity index is 1.82. The predicted molar refractivity (Wildman–Crippen MR) is 81.9 cm³/mol. The van der Waals surface area contributed by atoms with Crippen molar-refractivity contribution < 1.29 is 0 Å². The molecule has 0 radical (unpaired) electrons. The summed E-state index contributed by atoms with van der Waals surface area (Å²) in [5, 5.41) is 0.628. The zero-order chi connectivity index (χ0) is 13.2. The monoisotopic (exact) mass is 329 g/mol. The molecule has 0 bridgehead atoms. The first-order chi connectivity index (χ1) is 9.20. The average Bonchev–Trinajstić information content (AvgIpc) is 2.80. The molecule has 0 saturated carbocycles. The Morgan fingerprint density at radius 3 is 2.84 bits per heavy atom. The molecular weight excluding hydrogens is 322 g/mol. The van der Waals surface area contributed by atoms with Crippen LogP contribution in [0.25, 0.3) is 6.08 Å². The molecule has 0 atom stereocenters. The summed E-state index contributed by atoms with van der Waals surface area (Å²) in [5.41, 5.74) is 4.41. The molecule has 1 aliphatic rings. The van der Waals surface area contributed by atoms with Crippen LogP contribution in [0.4, 0.5) is 0 Å². The number of fused-ring (bicyclic) bond motifs is 1. The fraction of sp³-hybridized carbons (Fsp3) is 0.0625. The lowest BCUT2D eigenvalue weighted by molar-refractivity contribution is 1.25. The molecule has 1 aromatic heterocycles. The van der Waals surface area contributed by atoms with Crippen LogP contribution in [-0.4, -0.2) is 4.98 Å². The van der Waals surface area contributed by atoms with Crippen LogP contribution in [0.3, 0.4) is 0 Å². The highest BCUT2D eigenvalue weighted by Gasteiger charge is 2.10. The second-order valence-electron chi connectivity index (χ2n) is 4.30. The number of allylic oxidation sites excluding steroid dienone is 1. The highest BCUT2D eigenvalue weighted by atomic mass is 79.9. The van der Waals surface area contributed by atoms with Gasteiger partial charge < -0.3 is 0 Å². The van der Waals surface area contributed by atoms with Gasteiger partial charge in [-0.05, 0) is 47.4 Å². The predicted octanol–water partition coefficient (Wildman–Crippen LogP) is 4.49. The highest BCUT2D eigenvalue weighted by molar-refractivity contribution is 9.10. The largest absolute Gasteiger partial charge is 0.246 e. The first-order valence-corrected chi connectivity index (χ1v) is 7.00. The summed E-state index contributed by atoms with van der Waals surface area (Å²) in [6.45, 7) is 0. The molecule has 3 heteroatoms. The van der Waals surface area contributed by atoms with Gasteiger partial charge in [0.25, 0.3) is 0 Å². The minimum Gasteiger partial charge on any atom is -0.246 e. The molecule has 19 heavy (non-hydrogen) atoms. The SMILES string of the molecule is Clc1ccc(C#CC2=Cc3ccc(Br)cc3C2)nc1. The molecular formula is C16H9BrClN. The van der Waals surface area contributed by atoms with E-state index < -0.39 is 0 Å². The van der Waals surface area contributed by atoms with Crippen LogP contribution in [0.5, 0.6) is 0 Å². The van der Waals surface area contributed by atoms with Crippen molar-refractivity contribution in [3.63, 3.8) is 0 Å². The van der Waals surface area contributed by atoms with Gasteiger partial charge in [-0.15, -0.1) is 0 Å². The van der Waals surface area contributed by atoms with E-state index in [2.05, 4.69) is 51.0 Å². The first kappa shape index (κ1) is 12.5.